The first-order valence-electron chi connectivity index (χ1n) is 6.11. The van der Waals surface area contributed by atoms with Crippen LogP contribution in [0, 0.1) is 12.1 Å². The van der Waals surface area contributed by atoms with Crippen molar-refractivity contribution in [2.24, 2.45) is 0 Å². The number of hydroxylamine groups is 2. The molecule has 0 bridgehead atoms. The van der Waals surface area contributed by atoms with Gasteiger partial charge in [0.15, 0.2) is 0 Å². The lowest BCUT2D eigenvalue weighted by molar-refractivity contribution is 0.0129. The van der Waals surface area contributed by atoms with Crippen LogP contribution in [0.15, 0.2) is 48.8 Å². The monoisotopic (exact) mass is 271 g/mol. The van der Waals surface area contributed by atoms with Gasteiger partial charge in [0.2, 0.25) is 5.88 Å². The maximum Gasteiger partial charge on any atom is 0.213 e. The minimum atomic E-state index is -0.236. The van der Waals surface area contributed by atoms with Crippen LogP contribution in [0.25, 0.3) is 6.08 Å². The molecule has 5 heteroatoms. The molecular weight excluding hydrogens is 256 g/mol. The number of nitrogens with zero attached hydrogens (tertiary/aromatic N) is 2. The average Bonchev–Trinajstić information content (AvgIpc) is 2.45. The summed E-state index contributed by atoms with van der Waals surface area (Å²) in [5, 5.41) is 18.6. The van der Waals surface area contributed by atoms with E-state index in [-0.39, 0.29) is 5.23 Å². The normalized spacial score (nSPS) is 10.8. The van der Waals surface area contributed by atoms with Gasteiger partial charge in [-0.25, -0.2) is 4.98 Å². The first-order chi connectivity index (χ1) is 9.63. The number of pyridine rings is 1. The zero-order valence-corrected chi connectivity index (χ0v) is 11.1. The summed E-state index contributed by atoms with van der Waals surface area (Å²) in [6, 6.07) is 11.2. The van der Waals surface area contributed by atoms with Gasteiger partial charge in [-0.2, -0.15) is 0 Å². The first-order valence-corrected chi connectivity index (χ1v) is 6.11. The van der Waals surface area contributed by atoms with E-state index < -0.39 is 0 Å². The summed E-state index contributed by atoms with van der Waals surface area (Å²) in [5.41, 5.74) is 2.90. The SMILES string of the molecule is Cc1ccc(OCc2ccc(/C=C/N([O-])O)cc2)nc1. The van der Waals surface area contributed by atoms with E-state index in [2.05, 4.69) is 4.98 Å². The zero-order chi connectivity index (χ0) is 14.4. The van der Waals surface area contributed by atoms with Gasteiger partial charge >= 0.3 is 0 Å². The van der Waals surface area contributed by atoms with Gasteiger partial charge in [-0.15, -0.1) is 0 Å². The summed E-state index contributed by atoms with van der Waals surface area (Å²) < 4.78 is 5.56. The molecule has 1 heterocycles. The van der Waals surface area contributed by atoms with Gasteiger partial charge in [-0.3, -0.25) is 5.21 Å². The maximum absolute atomic E-state index is 10.3. The quantitative estimate of drug-likeness (QED) is 0.846. The van der Waals surface area contributed by atoms with Crippen molar-refractivity contribution in [2.45, 2.75) is 13.5 Å². The molecule has 0 aliphatic carbocycles. The lowest BCUT2D eigenvalue weighted by Crippen LogP contribution is -1.98. The molecule has 1 aromatic heterocycles. The van der Waals surface area contributed by atoms with Gasteiger partial charge in [0.1, 0.15) is 6.61 Å². The van der Waals surface area contributed by atoms with E-state index in [1.54, 1.807) is 6.20 Å². The van der Waals surface area contributed by atoms with Crippen molar-refractivity contribution < 1.29 is 9.94 Å². The number of aryl methyl sites for hydroxylation is 1. The Labute approximate surface area is 117 Å². The zero-order valence-electron chi connectivity index (χ0n) is 11.1. The highest BCUT2D eigenvalue weighted by molar-refractivity contribution is 5.49. The molecule has 0 spiro atoms. The lowest BCUT2D eigenvalue weighted by atomic mass is 10.1. The fourth-order valence-corrected chi connectivity index (χ4v) is 1.57. The number of hydrogen-bond donors (Lipinski definition) is 1. The Morgan fingerprint density at radius 1 is 1.25 bits per heavy atom. The van der Waals surface area contributed by atoms with Crippen LogP contribution in [0.2, 0.25) is 0 Å². The van der Waals surface area contributed by atoms with Crippen molar-refractivity contribution in [1.82, 2.24) is 10.2 Å². The lowest BCUT2D eigenvalue weighted by Gasteiger charge is -2.14. The Kier molecular flexibility index (Phi) is 4.70. The Morgan fingerprint density at radius 3 is 2.60 bits per heavy atom. The van der Waals surface area contributed by atoms with Crippen LogP contribution in [0.4, 0.5) is 0 Å². The third kappa shape index (κ3) is 4.38. The molecule has 104 valence electrons. The van der Waals surface area contributed by atoms with Crippen molar-refractivity contribution in [3.8, 4) is 5.88 Å². The van der Waals surface area contributed by atoms with Gasteiger partial charge in [-0.1, -0.05) is 30.3 Å². The summed E-state index contributed by atoms with van der Waals surface area (Å²) in [6.45, 7) is 2.40. The molecule has 20 heavy (non-hydrogen) atoms. The van der Waals surface area contributed by atoms with Gasteiger partial charge in [-0.05, 0) is 29.7 Å². The van der Waals surface area contributed by atoms with Gasteiger partial charge in [0, 0.05) is 18.5 Å². The Bertz CT molecular complexity index is 563. The van der Waals surface area contributed by atoms with Crippen molar-refractivity contribution in [3.63, 3.8) is 0 Å². The van der Waals surface area contributed by atoms with E-state index in [0.717, 1.165) is 22.9 Å². The Hall–Kier alpha value is -2.37. The van der Waals surface area contributed by atoms with Gasteiger partial charge in [0.05, 0.1) is 0 Å². The first kappa shape index (κ1) is 14.0. The van der Waals surface area contributed by atoms with E-state index in [1.807, 2.05) is 43.3 Å². The van der Waals surface area contributed by atoms with Crippen LogP contribution < -0.4 is 4.74 Å². The molecule has 5 nitrogen and oxygen atoms in total. The van der Waals surface area contributed by atoms with E-state index in [1.165, 1.54) is 6.08 Å². The van der Waals surface area contributed by atoms with Crippen molar-refractivity contribution in [2.75, 3.05) is 0 Å². The number of hydrogen-bond acceptors (Lipinski definition) is 5. The second-order valence-electron chi connectivity index (χ2n) is 4.32. The summed E-state index contributed by atoms with van der Waals surface area (Å²) in [6.07, 6.45) is 4.30. The van der Waals surface area contributed by atoms with Crippen LogP contribution in [0.5, 0.6) is 5.88 Å². The second kappa shape index (κ2) is 6.70. The molecule has 2 aromatic rings. The van der Waals surface area contributed by atoms with Crippen molar-refractivity contribution in [3.05, 3.63) is 70.7 Å². The molecule has 0 aliphatic heterocycles. The molecule has 0 atom stereocenters. The topological polar surface area (TPSA) is 68.7 Å². The van der Waals surface area contributed by atoms with Crippen LogP contribution in [0.3, 0.4) is 0 Å². The third-order valence-corrected chi connectivity index (χ3v) is 2.65. The highest BCUT2D eigenvalue weighted by Crippen LogP contribution is 2.11. The van der Waals surface area contributed by atoms with Gasteiger partial charge < -0.3 is 15.2 Å². The fraction of sp³-hybridized carbons (Fsp3) is 0.133. The predicted molar refractivity (Wildman–Crippen MR) is 75.8 cm³/mol. The third-order valence-electron chi connectivity index (χ3n) is 2.65. The summed E-state index contributed by atoms with van der Waals surface area (Å²) in [4.78, 5) is 4.16. The molecule has 1 aromatic carbocycles. The molecule has 1 N–H and O–H groups in total. The molecule has 2 rings (SSSR count). The van der Waals surface area contributed by atoms with Crippen molar-refractivity contribution in [1.29, 1.82) is 0 Å². The maximum atomic E-state index is 10.3. The summed E-state index contributed by atoms with van der Waals surface area (Å²) in [5.74, 6) is 0.585. The highest BCUT2D eigenvalue weighted by atomic mass is 16.8. The highest BCUT2D eigenvalue weighted by Gasteiger charge is 1.97. The number of aromatic nitrogens is 1. The number of ether oxygens (including phenoxy) is 1. The molecule has 0 amide bonds. The molecule has 0 radical (unpaired) electrons. The molecule has 0 saturated heterocycles. The minimum absolute atomic E-state index is 0.236. The standard InChI is InChI=1S/C15H15N2O3/c1-12-2-7-15(16-10-12)20-11-14-5-3-13(4-6-14)8-9-17(18)19/h2-10,18H,11H2,1H3/q-1/b9-8+. The second-order valence-corrected chi connectivity index (χ2v) is 4.32. The average molecular weight is 271 g/mol. The molecule has 0 aliphatic rings. The largest absolute Gasteiger partial charge is 0.734 e. The van der Waals surface area contributed by atoms with Crippen LogP contribution in [-0.2, 0) is 6.61 Å². The Balaban J connectivity index is 1.92. The molecular formula is C15H15N2O3-. The van der Waals surface area contributed by atoms with Crippen LogP contribution >= 0.6 is 0 Å². The summed E-state index contributed by atoms with van der Waals surface area (Å²) >= 11 is 0. The number of benzene rings is 1. The fourth-order valence-electron chi connectivity index (χ4n) is 1.57. The molecule has 0 fully saturated rings. The van der Waals surface area contributed by atoms with E-state index in [4.69, 9.17) is 9.94 Å². The Morgan fingerprint density at radius 2 is 2.00 bits per heavy atom. The van der Waals surface area contributed by atoms with E-state index in [0.29, 0.717) is 12.5 Å². The summed E-state index contributed by atoms with van der Waals surface area (Å²) in [7, 11) is 0. The van der Waals surface area contributed by atoms with Crippen LogP contribution in [-0.4, -0.2) is 15.4 Å². The minimum Gasteiger partial charge on any atom is -0.734 e. The smallest absolute Gasteiger partial charge is 0.213 e. The predicted octanol–water partition coefficient (Wildman–Crippen LogP) is 3.13. The molecule has 0 saturated carbocycles. The van der Waals surface area contributed by atoms with Gasteiger partial charge in [0.25, 0.3) is 0 Å². The van der Waals surface area contributed by atoms with E-state index >= 15 is 0 Å². The van der Waals surface area contributed by atoms with E-state index in [9.17, 15) is 5.21 Å². The van der Waals surface area contributed by atoms with Crippen LogP contribution in [0.1, 0.15) is 16.7 Å². The number of rotatable bonds is 5. The molecule has 0 unspecified atom stereocenters. The van der Waals surface area contributed by atoms with Crippen molar-refractivity contribution >= 4 is 6.08 Å².